The average molecular weight is 393 g/mol. The summed E-state index contributed by atoms with van der Waals surface area (Å²) in [7, 11) is 0. The highest BCUT2D eigenvalue weighted by molar-refractivity contribution is 5.93. The van der Waals surface area contributed by atoms with E-state index in [9.17, 15) is 8.78 Å². The average Bonchev–Trinajstić information content (AvgIpc) is 2.71. The lowest BCUT2D eigenvalue weighted by Crippen LogP contribution is -2.00. The topological polar surface area (TPSA) is 51.8 Å². The number of fused-ring (bicyclic) bond motifs is 1. The van der Waals surface area contributed by atoms with Gasteiger partial charge in [0, 0.05) is 16.5 Å². The molecule has 2 aromatic carbocycles. The Morgan fingerprint density at radius 3 is 2.52 bits per heavy atom. The summed E-state index contributed by atoms with van der Waals surface area (Å²) in [5.74, 6) is -1.08. The van der Waals surface area contributed by atoms with Gasteiger partial charge in [-0.25, -0.2) is 18.7 Å². The summed E-state index contributed by atoms with van der Waals surface area (Å²) < 4.78 is 27.6. The Labute approximate surface area is 170 Å². The first-order chi connectivity index (χ1) is 14.0. The van der Waals surface area contributed by atoms with Crippen molar-refractivity contribution in [1.29, 1.82) is 0 Å². The molecule has 29 heavy (non-hydrogen) atoms. The largest absolute Gasteiger partial charge is 0.383 e. The number of allylic oxidation sites excluding steroid dienone is 5. The van der Waals surface area contributed by atoms with E-state index in [4.69, 9.17) is 5.73 Å². The maximum Gasteiger partial charge on any atom is 0.166 e. The Morgan fingerprint density at radius 2 is 1.86 bits per heavy atom. The SMILES string of the molecule is C=C/C(=C\C=C/C)c1nc(N)c2cc(-c3cccc(F)c3F)ccc2n1.CCC. The fourth-order valence-corrected chi connectivity index (χ4v) is 2.61. The smallest absolute Gasteiger partial charge is 0.166 e. The number of anilines is 1. The number of rotatable bonds is 4. The molecule has 2 N–H and O–H groups in total. The van der Waals surface area contributed by atoms with Gasteiger partial charge in [-0.05, 0) is 30.7 Å². The van der Waals surface area contributed by atoms with E-state index in [-0.39, 0.29) is 11.4 Å². The maximum absolute atomic E-state index is 14.1. The van der Waals surface area contributed by atoms with Gasteiger partial charge in [0.1, 0.15) is 5.82 Å². The maximum atomic E-state index is 14.1. The number of aromatic nitrogens is 2. The zero-order chi connectivity index (χ0) is 21.4. The van der Waals surface area contributed by atoms with Crippen LogP contribution in [0.2, 0.25) is 0 Å². The first-order valence-corrected chi connectivity index (χ1v) is 9.44. The molecule has 0 aliphatic heterocycles. The molecule has 150 valence electrons. The Balaban J connectivity index is 0.000000941. The van der Waals surface area contributed by atoms with Gasteiger partial charge in [0.15, 0.2) is 17.5 Å². The van der Waals surface area contributed by atoms with Crippen molar-refractivity contribution in [1.82, 2.24) is 9.97 Å². The first-order valence-electron chi connectivity index (χ1n) is 9.44. The second-order valence-electron chi connectivity index (χ2n) is 6.32. The Morgan fingerprint density at radius 1 is 1.14 bits per heavy atom. The summed E-state index contributed by atoms with van der Waals surface area (Å²) in [6, 6.07) is 9.11. The van der Waals surface area contributed by atoms with E-state index < -0.39 is 11.6 Å². The summed E-state index contributed by atoms with van der Waals surface area (Å²) in [5, 5.41) is 0.573. The molecule has 0 saturated heterocycles. The highest BCUT2D eigenvalue weighted by atomic mass is 19.2. The van der Waals surface area contributed by atoms with E-state index >= 15 is 0 Å². The molecule has 0 aliphatic carbocycles. The molecule has 3 rings (SSSR count). The number of benzene rings is 2. The van der Waals surface area contributed by atoms with E-state index in [1.54, 1.807) is 24.3 Å². The molecular formula is C24H25F2N3. The second-order valence-corrected chi connectivity index (χ2v) is 6.32. The Kier molecular flexibility index (Phi) is 7.78. The lowest BCUT2D eigenvalue weighted by molar-refractivity contribution is 0.511. The van der Waals surface area contributed by atoms with Gasteiger partial charge >= 0.3 is 0 Å². The minimum absolute atomic E-state index is 0.162. The van der Waals surface area contributed by atoms with E-state index in [1.807, 2.05) is 25.2 Å². The van der Waals surface area contributed by atoms with E-state index in [0.29, 0.717) is 22.3 Å². The van der Waals surface area contributed by atoms with E-state index in [1.165, 1.54) is 18.6 Å². The van der Waals surface area contributed by atoms with Crippen LogP contribution >= 0.6 is 0 Å². The molecule has 0 saturated carbocycles. The van der Waals surface area contributed by atoms with Gasteiger partial charge in [-0.1, -0.05) is 69.4 Å². The van der Waals surface area contributed by atoms with Crippen LogP contribution in [0.3, 0.4) is 0 Å². The molecule has 5 heteroatoms. The van der Waals surface area contributed by atoms with Crippen LogP contribution in [0.15, 0.2) is 67.3 Å². The third-order valence-corrected chi connectivity index (χ3v) is 3.93. The number of nitrogens with zero attached hydrogens (tertiary/aromatic N) is 2. The minimum Gasteiger partial charge on any atom is -0.383 e. The van der Waals surface area contributed by atoms with Gasteiger partial charge in [0.2, 0.25) is 0 Å². The second kappa shape index (κ2) is 10.3. The first kappa shape index (κ1) is 22.0. The van der Waals surface area contributed by atoms with Crippen LogP contribution in [0, 0.1) is 11.6 Å². The summed E-state index contributed by atoms with van der Waals surface area (Å²) >= 11 is 0. The van der Waals surface area contributed by atoms with Gasteiger partial charge in [-0.15, -0.1) is 0 Å². The molecule has 0 unspecified atom stereocenters. The number of nitrogens with two attached hydrogens (primary N) is 1. The summed E-state index contributed by atoms with van der Waals surface area (Å²) in [6.45, 7) is 9.92. The van der Waals surface area contributed by atoms with E-state index in [2.05, 4.69) is 30.4 Å². The van der Waals surface area contributed by atoms with E-state index in [0.717, 1.165) is 11.6 Å². The summed E-state index contributed by atoms with van der Waals surface area (Å²) in [4.78, 5) is 8.83. The normalized spacial score (nSPS) is 11.4. The van der Waals surface area contributed by atoms with Crippen LogP contribution in [0.4, 0.5) is 14.6 Å². The zero-order valence-corrected chi connectivity index (χ0v) is 16.9. The third kappa shape index (κ3) is 5.13. The predicted molar refractivity (Wildman–Crippen MR) is 118 cm³/mol. The quantitative estimate of drug-likeness (QED) is 0.501. The van der Waals surface area contributed by atoms with Crippen LogP contribution in [-0.2, 0) is 0 Å². The van der Waals surface area contributed by atoms with Crippen molar-refractivity contribution in [2.75, 3.05) is 5.73 Å². The lowest BCUT2D eigenvalue weighted by atomic mass is 10.0. The van der Waals surface area contributed by atoms with Gasteiger partial charge in [-0.3, -0.25) is 0 Å². The predicted octanol–water partition coefficient (Wildman–Crippen LogP) is 6.72. The number of halogens is 2. The van der Waals surface area contributed by atoms with Crippen LogP contribution in [0.1, 0.15) is 33.0 Å². The Bertz CT molecular complexity index is 1070. The molecule has 0 radical (unpaired) electrons. The van der Waals surface area contributed by atoms with Crippen molar-refractivity contribution in [3.05, 3.63) is 84.7 Å². The molecule has 1 heterocycles. The highest BCUT2D eigenvalue weighted by Crippen LogP contribution is 2.29. The summed E-state index contributed by atoms with van der Waals surface area (Å²) in [5.41, 5.74) is 8.11. The molecule has 3 aromatic rings. The molecule has 3 nitrogen and oxygen atoms in total. The van der Waals surface area contributed by atoms with Gasteiger partial charge in [-0.2, -0.15) is 0 Å². The molecule has 1 aromatic heterocycles. The van der Waals surface area contributed by atoms with Crippen molar-refractivity contribution >= 4 is 22.3 Å². The molecule has 0 amide bonds. The van der Waals surface area contributed by atoms with Crippen molar-refractivity contribution in [2.45, 2.75) is 27.2 Å². The molecule has 0 atom stereocenters. The lowest BCUT2D eigenvalue weighted by Gasteiger charge is -2.09. The third-order valence-electron chi connectivity index (χ3n) is 3.93. The van der Waals surface area contributed by atoms with Crippen molar-refractivity contribution in [3.63, 3.8) is 0 Å². The molecule has 0 bridgehead atoms. The van der Waals surface area contributed by atoms with Gasteiger partial charge in [0.25, 0.3) is 0 Å². The highest BCUT2D eigenvalue weighted by Gasteiger charge is 2.13. The van der Waals surface area contributed by atoms with Crippen LogP contribution < -0.4 is 5.73 Å². The van der Waals surface area contributed by atoms with Crippen molar-refractivity contribution < 1.29 is 8.78 Å². The van der Waals surface area contributed by atoms with Crippen LogP contribution in [0.5, 0.6) is 0 Å². The molecule has 0 aliphatic rings. The molecule has 0 spiro atoms. The van der Waals surface area contributed by atoms with Gasteiger partial charge < -0.3 is 5.73 Å². The summed E-state index contributed by atoms with van der Waals surface area (Å²) in [6.07, 6.45) is 8.48. The fraction of sp³-hybridized carbons (Fsp3) is 0.167. The monoisotopic (exact) mass is 393 g/mol. The molecule has 0 fully saturated rings. The zero-order valence-electron chi connectivity index (χ0n) is 16.9. The number of hydrogen-bond donors (Lipinski definition) is 1. The standard InChI is InChI=1S/C21H17F2N3.C3H8/c1-3-5-7-13(4-2)21-25-18-11-10-14(12-16(18)20(24)26-21)15-8-6-9-17(22)19(15)23;1-3-2/h3-12H,2H2,1H3,(H2,24,25,26);3H2,1-2H3/b5-3-,13-7+;. The Hall–Kier alpha value is -3.34. The fourth-order valence-electron chi connectivity index (χ4n) is 2.61. The number of nitrogen functional groups attached to an aromatic ring is 1. The van der Waals surface area contributed by atoms with Crippen molar-refractivity contribution in [3.8, 4) is 11.1 Å². The van der Waals surface area contributed by atoms with Gasteiger partial charge in [0.05, 0.1) is 5.52 Å². The number of hydrogen-bond acceptors (Lipinski definition) is 3. The van der Waals surface area contributed by atoms with Crippen molar-refractivity contribution in [2.24, 2.45) is 0 Å². The minimum atomic E-state index is -0.897. The molecular weight excluding hydrogens is 368 g/mol. The van der Waals surface area contributed by atoms with Crippen LogP contribution in [0.25, 0.3) is 27.6 Å². The van der Waals surface area contributed by atoms with Crippen LogP contribution in [-0.4, -0.2) is 9.97 Å².